The number of nitrogens with zero attached hydrogens (tertiary/aromatic N) is 4. The molecule has 0 aliphatic heterocycles. The molecule has 0 aliphatic rings. The van der Waals surface area contributed by atoms with Crippen molar-refractivity contribution in [1.29, 1.82) is 0 Å². The molecule has 8 nitrogen and oxygen atoms in total. The van der Waals surface area contributed by atoms with Crippen molar-refractivity contribution in [2.45, 2.75) is 26.3 Å². The average molecular weight is 391 g/mol. The number of tetrazole rings is 1. The quantitative estimate of drug-likeness (QED) is 0.520. The van der Waals surface area contributed by atoms with Gasteiger partial charge in [0.25, 0.3) is 0 Å². The predicted octanol–water partition coefficient (Wildman–Crippen LogP) is 3.23. The molecule has 1 amide bonds. The first-order chi connectivity index (χ1) is 14.1. The van der Waals surface area contributed by atoms with Crippen molar-refractivity contribution in [2.75, 3.05) is 6.61 Å². The van der Waals surface area contributed by atoms with E-state index in [4.69, 9.17) is 9.15 Å². The summed E-state index contributed by atoms with van der Waals surface area (Å²) in [6.07, 6.45) is 1.79. The first-order valence-corrected chi connectivity index (χ1v) is 9.41. The lowest BCUT2D eigenvalue weighted by Gasteiger charge is -2.11. The maximum absolute atomic E-state index is 12.5. The fourth-order valence-corrected chi connectivity index (χ4v) is 3.13. The molecular formula is C21H21N5O3. The second-order valence-corrected chi connectivity index (χ2v) is 6.64. The van der Waals surface area contributed by atoms with Crippen LogP contribution in [0.15, 0.2) is 59.3 Å². The van der Waals surface area contributed by atoms with Crippen molar-refractivity contribution in [3.63, 3.8) is 0 Å². The monoisotopic (exact) mass is 391 g/mol. The third kappa shape index (κ3) is 4.11. The van der Waals surface area contributed by atoms with E-state index < -0.39 is 0 Å². The molecule has 0 bridgehead atoms. The van der Waals surface area contributed by atoms with Crippen LogP contribution in [0.3, 0.4) is 0 Å². The summed E-state index contributed by atoms with van der Waals surface area (Å²) >= 11 is 0. The van der Waals surface area contributed by atoms with Gasteiger partial charge in [-0.2, -0.15) is 0 Å². The summed E-state index contributed by atoms with van der Waals surface area (Å²) in [5.41, 5.74) is 2.43. The number of furan rings is 1. The van der Waals surface area contributed by atoms with Crippen LogP contribution in [-0.2, 0) is 11.2 Å². The summed E-state index contributed by atoms with van der Waals surface area (Å²) < 4.78 is 13.1. The summed E-state index contributed by atoms with van der Waals surface area (Å²) in [4.78, 5) is 12.5. The summed E-state index contributed by atoms with van der Waals surface area (Å²) in [7, 11) is 0. The Balaban J connectivity index is 1.41. The number of hydrogen-bond donors (Lipinski definition) is 1. The number of nitrogens with one attached hydrogen (secondary N) is 1. The van der Waals surface area contributed by atoms with Crippen LogP contribution in [0, 0.1) is 0 Å². The fraction of sp³-hybridized carbons (Fsp3) is 0.238. The van der Waals surface area contributed by atoms with Crippen LogP contribution in [-0.4, -0.2) is 32.7 Å². The molecule has 0 saturated heterocycles. The third-order valence-corrected chi connectivity index (χ3v) is 4.55. The summed E-state index contributed by atoms with van der Waals surface area (Å²) in [5, 5.41) is 15.0. The van der Waals surface area contributed by atoms with Gasteiger partial charge < -0.3 is 14.5 Å². The number of amides is 1. The zero-order valence-electron chi connectivity index (χ0n) is 16.2. The van der Waals surface area contributed by atoms with Gasteiger partial charge in [-0.25, -0.2) is 4.68 Å². The van der Waals surface area contributed by atoms with E-state index in [9.17, 15) is 4.79 Å². The molecule has 0 aliphatic carbocycles. The van der Waals surface area contributed by atoms with Crippen LogP contribution in [0.5, 0.6) is 5.75 Å². The number of hydrogen-bond acceptors (Lipinski definition) is 6. The molecule has 2 aromatic heterocycles. The van der Waals surface area contributed by atoms with Crippen molar-refractivity contribution in [3.8, 4) is 11.4 Å². The van der Waals surface area contributed by atoms with E-state index in [2.05, 4.69) is 20.8 Å². The second-order valence-electron chi connectivity index (χ2n) is 6.64. The fourth-order valence-electron chi connectivity index (χ4n) is 3.13. The van der Waals surface area contributed by atoms with Crippen LogP contribution in [0.2, 0.25) is 0 Å². The van der Waals surface area contributed by atoms with Crippen molar-refractivity contribution >= 4 is 16.9 Å². The Morgan fingerprint density at radius 3 is 2.79 bits per heavy atom. The zero-order valence-corrected chi connectivity index (χ0v) is 16.2. The lowest BCUT2D eigenvalue weighted by atomic mass is 10.1. The molecular weight excluding hydrogens is 370 g/mol. The highest BCUT2D eigenvalue weighted by Crippen LogP contribution is 2.31. The van der Waals surface area contributed by atoms with Gasteiger partial charge >= 0.3 is 0 Å². The number of carbonyl (C=O) groups is 1. The number of rotatable bonds is 7. The van der Waals surface area contributed by atoms with Gasteiger partial charge in [-0.15, -0.1) is 5.10 Å². The van der Waals surface area contributed by atoms with E-state index in [1.807, 2.05) is 62.4 Å². The molecule has 1 unspecified atom stereocenters. The molecule has 0 radical (unpaired) electrons. The van der Waals surface area contributed by atoms with Crippen LogP contribution in [0.1, 0.15) is 31.2 Å². The smallest absolute Gasteiger partial charge is 0.224 e. The van der Waals surface area contributed by atoms with E-state index in [1.165, 1.54) is 6.33 Å². The third-order valence-electron chi connectivity index (χ3n) is 4.55. The topological polar surface area (TPSA) is 95.1 Å². The Bertz CT molecular complexity index is 1100. The summed E-state index contributed by atoms with van der Waals surface area (Å²) in [5.74, 6) is 1.31. The van der Waals surface area contributed by atoms with Crippen LogP contribution >= 0.6 is 0 Å². The number of fused-ring (bicyclic) bond motifs is 1. The summed E-state index contributed by atoms with van der Waals surface area (Å²) in [6.45, 7) is 4.39. The van der Waals surface area contributed by atoms with E-state index in [1.54, 1.807) is 4.68 Å². The predicted molar refractivity (Wildman–Crippen MR) is 107 cm³/mol. The number of para-hydroxylation sites is 1. The Morgan fingerprint density at radius 2 is 2.07 bits per heavy atom. The van der Waals surface area contributed by atoms with Crippen molar-refractivity contribution in [1.82, 2.24) is 25.5 Å². The largest absolute Gasteiger partial charge is 0.490 e. The average Bonchev–Trinajstić information content (AvgIpc) is 3.39. The van der Waals surface area contributed by atoms with Gasteiger partial charge in [-0.1, -0.05) is 24.3 Å². The van der Waals surface area contributed by atoms with E-state index in [0.29, 0.717) is 23.7 Å². The molecule has 0 fully saturated rings. The minimum absolute atomic E-state index is 0.0850. The normalized spacial score (nSPS) is 12.1. The van der Waals surface area contributed by atoms with Crippen LogP contribution < -0.4 is 10.1 Å². The maximum Gasteiger partial charge on any atom is 0.224 e. The van der Waals surface area contributed by atoms with Gasteiger partial charge in [-0.3, -0.25) is 4.79 Å². The van der Waals surface area contributed by atoms with Crippen molar-refractivity contribution in [3.05, 3.63) is 66.2 Å². The molecule has 0 saturated carbocycles. The molecule has 1 atom stereocenters. The van der Waals surface area contributed by atoms with Gasteiger partial charge in [0.1, 0.15) is 12.1 Å². The molecule has 8 heteroatoms. The Hall–Kier alpha value is -3.68. The lowest BCUT2D eigenvalue weighted by Crippen LogP contribution is -2.27. The van der Waals surface area contributed by atoms with E-state index >= 15 is 0 Å². The summed E-state index contributed by atoms with van der Waals surface area (Å²) in [6, 6.07) is 15.0. The highest BCUT2D eigenvalue weighted by atomic mass is 16.5. The second kappa shape index (κ2) is 8.14. The molecule has 4 rings (SSSR count). The van der Waals surface area contributed by atoms with Gasteiger partial charge in [0.05, 0.1) is 24.8 Å². The van der Waals surface area contributed by atoms with E-state index in [-0.39, 0.29) is 18.4 Å². The van der Waals surface area contributed by atoms with Crippen molar-refractivity contribution in [2.24, 2.45) is 0 Å². The van der Waals surface area contributed by atoms with Crippen molar-refractivity contribution < 1.29 is 13.9 Å². The Labute approximate surface area is 167 Å². The molecule has 148 valence electrons. The number of carbonyl (C=O) groups excluding carboxylic acids is 1. The van der Waals surface area contributed by atoms with Gasteiger partial charge in [0.2, 0.25) is 5.91 Å². The van der Waals surface area contributed by atoms with Crippen LogP contribution in [0.4, 0.5) is 0 Å². The molecule has 2 heterocycles. The Morgan fingerprint density at radius 1 is 1.24 bits per heavy atom. The minimum Gasteiger partial charge on any atom is -0.490 e. The number of aromatic nitrogens is 4. The first kappa shape index (κ1) is 18.7. The maximum atomic E-state index is 12.5. The number of ether oxygens (including phenoxy) is 1. The molecule has 29 heavy (non-hydrogen) atoms. The molecule has 0 spiro atoms. The number of benzene rings is 2. The zero-order chi connectivity index (χ0) is 20.2. The first-order valence-electron chi connectivity index (χ1n) is 9.41. The van der Waals surface area contributed by atoms with Gasteiger partial charge in [0, 0.05) is 5.39 Å². The highest BCUT2D eigenvalue weighted by Gasteiger charge is 2.16. The van der Waals surface area contributed by atoms with Gasteiger partial charge in [0.15, 0.2) is 11.3 Å². The van der Waals surface area contributed by atoms with E-state index in [0.717, 1.165) is 16.6 Å². The van der Waals surface area contributed by atoms with Crippen LogP contribution in [0.25, 0.3) is 16.7 Å². The minimum atomic E-state index is -0.259. The lowest BCUT2D eigenvalue weighted by molar-refractivity contribution is -0.121. The SMILES string of the molecule is CCOc1cccc2cc(C(C)NC(=O)Cc3ccc(-n4cnnn4)cc3)oc12. The molecule has 4 aromatic rings. The standard InChI is InChI=1S/C21H21N5O3/c1-3-28-18-6-4-5-16-12-19(29-21(16)18)14(2)23-20(27)11-15-7-9-17(10-8-15)26-13-22-24-25-26/h4-10,12-14H,3,11H2,1-2H3,(H,23,27). The molecule has 2 aromatic carbocycles. The Kier molecular flexibility index (Phi) is 5.24. The van der Waals surface area contributed by atoms with Gasteiger partial charge in [-0.05, 0) is 54.1 Å². The molecule has 1 N–H and O–H groups in total. The highest BCUT2D eigenvalue weighted by molar-refractivity contribution is 5.84.